The van der Waals surface area contributed by atoms with Crippen molar-refractivity contribution in [1.82, 2.24) is 0 Å². The van der Waals surface area contributed by atoms with E-state index in [4.69, 9.17) is 4.42 Å². The molecule has 0 aliphatic heterocycles. The quantitative estimate of drug-likeness (QED) is 0.713. The number of benzene rings is 2. The van der Waals surface area contributed by atoms with Crippen LogP contribution in [0.2, 0.25) is 0 Å². The maximum Gasteiger partial charge on any atom is 0.196 e. The molecule has 1 aromatic heterocycles. The Morgan fingerprint density at radius 1 is 1.10 bits per heavy atom. The van der Waals surface area contributed by atoms with Crippen molar-refractivity contribution in [2.24, 2.45) is 0 Å². The number of carbonyl (C=O) groups is 1. The molecule has 0 fully saturated rings. The lowest BCUT2D eigenvalue weighted by Crippen LogP contribution is -1.99. The molecule has 0 radical (unpaired) electrons. The molecule has 3 nitrogen and oxygen atoms in total. The van der Waals surface area contributed by atoms with Crippen LogP contribution in [0.3, 0.4) is 0 Å². The van der Waals surface area contributed by atoms with Gasteiger partial charge in [0, 0.05) is 10.9 Å². The van der Waals surface area contributed by atoms with Crippen LogP contribution < -0.4 is 0 Å². The Labute approximate surface area is 116 Å². The predicted octanol–water partition coefficient (Wildman–Crippen LogP) is 3.99. The second kappa shape index (κ2) is 4.53. The number of ketones is 1. The molecule has 100 valence electrons. The van der Waals surface area contributed by atoms with Crippen LogP contribution in [0.5, 0.6) is 5.75 Å². The number of phenols is 1. The molecule has 1 heterocycles. The van der Waals surface area contributed by atoms with Gasteiger partial charge >= 0.3 is 0 Å². The number of hydrogen-bond acceptors (Lipinski definition) is 3. The van der Waals surface area contributed by atoms with E-state index in [2.05, 4.69) is 0 Å². The zero-order chi connectivity index (χ0) is 14.3. The van der Waals surface area contributed by atoms with E-state index in [1.54, 1.807) is 18.2 Å². The lowest BCUT2D eigenvalue weighted by atomic mass is 9.99. The van der Waals surface area contributed by atoms with E-state index in [1.807, 2.05) is 32.0 Å². The average Bonchev–Trinajstić information content (AvgIpc) is 2.89. The van der Waals surface area contributed by atoms with E-state index >= 15 is 0 Å². The molecule has 3 rings (SSSR count). The van der Waals surface area contributed by atoms with Crippen molar-refractivity contribution in [1.29, 1.82) is 0 Å². The van der Waals surface area contributed by atoms with Gasteiger partial charge in [0.2, 0.25) is 0 Å². The third-order valence-electron chi connectivity index (χ3n) is 3.68. The van der Waals surface area contributed by atoms with Gasteiger partial charge in [0.1, 0.15) is 17.6 Å². The molecule has 0 spiro atoms. The predicted molar refractivity (Wildman–Crippen MR) is 77.2 cm³/mol. The fourth-order valence-corrected chi connectivity index (χ4v) is 2.33. The minimum Gasteiger partial charge on any atom is -0.508 e. The van der Waals surface area contributed by atoms with Crippen LogP contribution in [0.1, 0.15) is 27.0 Å². The molecule has 0 saturated carbocycles. The standard InChI is InChI=1S/C17H14O3/c1-10-11(2)17-13(8-15(10)18)14(9-20-17)16(19)12-6-4-3-5-7-12/h3-9,18H,1-2H3. The number of phenolic OH excluding ortho intramolecular Hbond substituents is 1. The molecule has 0 bridgehead atoms. The Hall–Kier alpha value is -2.55. The number of aromatic hydroxyl groups is 1. The molecule has 1 N–H and O–H groups in total. The second-order valence-electron chi connectivity index (χ2n) is 4.87. The van der Waals surface area contributed by atoms with Gasteiger partial charge in [-0.05, 0) is 31.0 Å². The smallest absolute Gasteiger partial charge is 0.196 e. The van der Waals surface area contributed by atoms with Crippen molar-refractivity contribution in [3.05, 3.63) is 64.9 Å². The highest BCUT2D eigenvalue weighted by molar-refractivity contribution is 6.16. The third-order valence-corrected chi connectivity index (χ3v) is 3.68. The van der Waals surface area contributed by atoms with Crippen LogP contribution in [0.25, 0.3) is 11.0 Å². The Morgan fingerprint density at radius 3 is 2.50 bits per heavy atom. The van der Waals surface area contributed by atoms with Gasteiger partial charge in [-0.15, -0.1) is 0 Å². The lowest BCUT2D eigenvalue weighted by Gasteiger charge is -2.04. The molecule has 0 aliphatic carbocycles. The van der Waals surface area contributed by atoms with E-state index in [9.17, 15) is 9.90 Å². The SMILES string of the molecule is Cc1c(O)cc2c(C(=O)c3ccccc3)coc2c1C. The first-order valence-corrected chi connectivity index (χ1v) is 6.39. The largest absolute Gasteiger partial charge is 0.508 e. The number of fused-ring (bicyclic) bond motifs is 1. The molecule has 20 heavy (non-hydrogen) atoms. The van der Waals surface area contributed by atoms with Crippen LogP contribution in [-0.4, -0.2) is 10.9 Å². The molecule has 2 aromatic carbocycles. The highest BCUT2D eigenvalue weighted by Gasteiger charge is 2.18. The van der Waals surface area contributed by atoms with Crippen LogP contribution in [0.4, 0.5) is 0 Å². The fourth-order valence-electron chi connectivity index (χ4n) is 2.33. The average molecular weight is 266 g/mol. The van der Waals surface area contributed by atoms with Crippen molar-refractivity contribution in [2.75, 3.05) is 0 Å². The van der Waals surface area contributed by atoms with E-state index in [0.717, 1.165) is 11.1 Å². The van der Waals surface area contributed by atoms with Gasteiger partial charge < -0.3 is 9.52 Å². The lowest BCUT2D eigenvalue weighted by molar-refractivity contribution is 0.103. The first-order chi connectivity index (χ1) is 9.59. The first kappa shape index (κ1) is 12.5. The first-order valence-electron chi connectivity index (χ1n) is 6.39. The van der Waals surface area contributed by atoms with Crippen molar-refractivity contribution in [2.45, 2.75) is 13.8 Å². The van der Waals surface area contributed by atoms with Crippen molar-refractivity contribution >= 4 is 16.8 Å². The normalized spacial score (nSPS) is 10.9. The number of aryl methyl sites for hydroxylation is 1. The summed E-state index contributed by atoms with van der Waals surface area (Å²) >= 11 is 0. The molecule has 0 atom stereocenters. The minimum absolute atomic E-state index is 0.105. The summed E-state index contributed by atoms with van der Waals surface area (Å²) in [7, 11) is 0. The summed E-state index contributed by atoms with van der Waals surface area (Å²) < 4.78 is 5.53. The van der Waals surface area contributed by atoms with Gasteiger partial charge in [0.05, 0.1) is 5.56 Å². The highest BCUT2D eigenvalue weighted by Crippen LogP contribution is 2.33. The van der Waals surface area contributed by atoms with Crippen LogP contribution in [0.15, 0.2) is 47.1 Å². The molecule has 3 aromatic rings. The summed E-state index contributed by atoms with van der Waals surface area (Å²) in [6, 6.07) is 10.6. The zero-order valence-electron chi connectivity index (χ0n) is 11.3. The number of carbonyl (C=O) groups excluding carboxylic acids is 1. The summed E-state index contributed by atoms with van der Waals surface area (Å²) in [5.41, 5.74) is 3.36. The number of furan rings is 1. The second-order valence-corrected chi connectivity index (χ2v) is 4.87. The number of rotatable bonds is 2. The molecule has 0 amide bonds. The molecule has 0 saturated heterocycles. The monoisotopic (exact) mass is 266 g/mol. The van der Waals surface area contributed by atoms with Gasteiger partial charge in [-0.1, -0.05) is 30.3 Å². The minimum atomic E-state index is -0.105. The van der Waals surface area contributed by atoms with Gasteiger partial charge in [0.15, 0.2) is 5.78 Å². The topological polar surface area (TPSA) is 50.4 Å². The van der Waals surface area contributed by atoms with Crippen LogP contribution >= 0.6 is 0 Å². The molecule has 0 aliphatic rings. The third kappa shape index (κ3) is 1.79. The zero-order valence-corrected chi connectivity index (χ0v) is 11.3. The van der Waals surface area contributed by atoms with Gasteiger partial charge in [0.25, 0.3) is 0 Å². The summed E-state index contributed by atoms with van der Waals surface area (Å²) in [6.07, 6.45) is 1.46. The van der Waals surface area contributed by atoms with Crippen LogP contribution in [0, 0.1) is 13.8 Å². The summed E-state index contributed by atoms with van der Waals surface area (Å²) in [5.74, 6) is 0.0746. The highest BCUT2D eigenvalue weighted by atomic mass is 16.3. The van der Waals surface area contributed by atoms with E-state index in [1.165, 1.54) is 6.26 Å². The summed E-state index contributed by atoms with van der Waals surface area (Å²) in [5, 5.41) is 10.6. The van der Waals surface area contributed by atoms with Crippen LogP contribution in [-0.2, 0) is 0 Å². The summed E-state index contributed by atoms with van der Waals surface area (Å²) in [6.45, 7) is 3.70. The van der Waals surface area contributed by atoms with E-state index < -0.39 is 0 Å². The van der Waals surface area contributed by atoms with Gasteiger partial charge in [-0.3, -0.25) is 4.79 Å². The number of hydrogen-bond donors (Lipinski definition) is 1. The van der Waals surface area contributed by atoms with Crippen molar-refractivity contribution in [3.63, 3.8) is 0 Å². The van der Waals surface area contributed by atoms with Crippen molar-refractivity contribution in [3.8, 4) is 5.75 Å². The fraction of sp³-hybridized carbons (Fsp3) is 0.118. The maximum atomic E-state index is 12.5. The Morgan fingerprint density at radius 2 is 1.80 bits per heavy atom. The summed E-state index contributed by atoms with van der Waals surface area (Å²) in [4.78, 5) is 12.5. The van der Waals surface area contributed by atoms with Gasteiger partial charge in [-0.25, -0.2) is 0 Å². The Kier molecular flexibility index (Phi) is 2.83. The Bertz CT molecular complexity index is 798. The molecular weight excluding hydrogens is 252 g/mol. The van der Waals surface area contributed by atoms with E-state index in [0.29, 0.717) is 22.1 Å². The molecular formula is C17H14O3. The van der Waals surface area contributed by atoms with Gasteiger partial charge in [-0.2, -0.15) is 0 Å². The molecule has 0 unspecified atom stereocenters. The molecule has 3 heteroatoms. The van der Waals surface area contributed by atoms with Crippen molar-refractivity contribution < 1.29 is 14.3 Å². The maximum absolute atomic E-state index is 12.5. The Balaban J connectivity index is 2.21. The van der Waals surface area contributed by atoms with E-state index in [-0.39, 0.29) is 11.5 Å².